The summed E-state index contributed by atoms with van der Waals surface area (Å²) in [6, 6.07) is 2.43. The van der Waals surface area contributed by atoms with Gasteiger partial charge in [0.1, 0.15) is 11.8 Å². The van der Waals surface area contributed by atoms with Crippen molar-refractivity contribution in [1.29, 1.82) is 0 Å². The van der Waals surface area contributed by atoms with Crippen LogP contribution in [0.25, 0.3) is 0 Å². The van der Waals surface area contributed by atoms with E-state index in [1.165, 1.54) is 0 Å². The lowest BCUT2D eigenvalue weighted by molar-refractivity contribution is -0.122. The van der Waals surface area contributed by atoms with Crippen LogP contribution >= 0.6 is 0 Å². The van der Waals surface area contributed by atoms with Gasteiger partial charge in [0.15, 0.2) is 0 Å². The zero-order valence-electron chi connectivity index (χ0n) is 12.8. The van der Waals surface area contributed by atoms with Crippen LogP contribution in [0, 0.1) is 0 Å². The van der Waals surface area contributed by atoms with E-state index < -0.39 is 6.04 Å². The quantitative estimate of drug-likeness (QED) is 0.739. The van der Waals surface area contributed by atoms with Gasteiger partial charge in [0.05, 0.1) is 12.3 Å². The Morgan fingerprint density at radius 1 is 1.55 bits per heavy atom. The lowest BCUT2D eigenvalue weighted by Crippen LogP contribution is -2.49. The maximum absolute atomic E-state index is 12.2. The molecule has 0 spiro atoms. The van der Waals surface area contributed by atoms with Gasteiger partial charge in [-0.25, -0.2) is 4.79 Å². The van der Waals surface area contributed by atoms with E-state index in [-0.39, 0.29) is 18.0 Å². The Hall–Kier alpha value is -2.02. The highest BCUT2D eigenvalue weighted by atomic mass is 16.5. The van der Waals surface area contributed by atoms with Gasteiger partial charge in [-0.05, 0) is 37.8 Å². The Balaban J connectivity index is 1.91. The molecule has 1 aliphatic heterocycles. The number of methoxy groups -OCH3 is 1. The summed E-state index contributed by atoms with van der Waals surface area (Å²) >= 11 is 0. The van der Waals surface area contributed by atoms with Crippen LogP contribution in [0.3, 0.4) is 0 Å². The number of urea groups is 1. The minimum atomic E-state index is -0.484. The van der Waals surface area contributed by atoms with Gasteiger partial charge in [-0.15, -0.1) is 0 Å². The lowest BCUT2D eigenvalue weighted by Gasteiger charge is -2.20. The number of carbonyl (C=O) groups excluding carboxylic acids is 2. The zero-order valence-corrected chi connectivity index (χ0v) is 12.8. The number of carbonyl (C=O) groups is 2. The molecule has 7 heteroatoms. The number of furan rings is 1. The summed E-state index contributed by atoms with van der Waals surface area (Å²) < 4.78 is 10.4. The van der Waals surface area contributed by atoms with Crippen molar-refractivity contribution in [3.63, 3.8) is 0 Å². The van der Waals surface area contributed by atoms with Crippen molar-refractivity contribution in [2.75, 3.05) is 20.3 Å². The third-order valence-corrected chi connectivity index (χ3v) is 3.64. The second-order valence-electron chi connectivity index (χ2n) is 5.31. The number of ether oxygens (including phenoxy) is 1. The van der Waals surface area contributed by atoms with Crippen LogP contribution in [0.1, 0.15) is 37.5 Å². The summed E-state index contributed by atoms with van der Waals surface area (Å²) in [5.74, 6) is 0.539. The molecule has 0 aromatic carbocycles. The highest BCUT2D eigenvalue weighted by Gasteiger charge is 2.24. The van der Waals surface area contributed by atoms with Gasteiger partial charge in [-0.1, -0.05) is 0 Å². The highest BCUT2D eigenvalue weighted by Crippen LogP contribution is 2.17. The molecule has 2 heterocycles. The Morgan fingerprint density at radius 3 is 3.14 bits per heavy atom. The summed E-state index contributed by atoms with van der Waals surface area (Å²) in [6.07, 6.45) is 4.66. The first kappa shape index (κ1) is 16.4. The van der Waals surface area contributed by atoms with Gasteiger partial charge < -0.3 is 25.1 Å². The van der Waals surface area contributed by atoms with E-state index >= 15 is 0 Å². The van der Waals surface area contributed by atoms with Crippen LogP contribution in [-0.4, -0.2) is 38.2 Å². The number of hydrogen-bond donors (Lipinski definition) is 3. The average Bonchev–Trinajstić information content (AvgIpc) is 2.96. The Morgan fingerprint density at radius 2 is 2.41 bits per heavy atom. The summed E-state index contributed by atoms with van der Waals surface area (Å²) in [5, 5.41) is 8.37. The van der Waals surface area contributed by atoms with Crippen molar-refractivity contribution in [3.05, 3.63) is 24.2 Å². The van der Waals surface area contributed by atoms with E-state index in [9.17, 15) is 9.59 Å². The normalized spacial score (nSPS) is 19.9. The molecule has 0 saturated carbocycles. The molecule has 0 bridgehead atoms. The molecule has 1 aromatic heterocycles. The molecule has 2 atom stereocenters. The third kappa shape index (κ3) is 4.77. The monoisotopic (exact) mass is 309 g/mol. The third-order valence-electron chi connectivity index (χ3n) is 3.64. The van der Waals surface area contributed by atoms with Crippen LogP contribution in [0.5, 0.6) is 0 Å². The lowest BCUT2D eigenvalue weighted by atomic mass is 10.1. The molecule has 1 aliphatic rings. The number of nitrogens with one attached hydrogen (secondary N) is 3. The Bertz CT molecular complexity index is 475. The maximum atomic E-state index is 12.2. The smallest absolute Gasteiger partial charge is 0.316 e. The van der Waals surface area contributed by atoms with Gasteiger partial charge in [0, 0.05) is 20.3 Å². The number of rotatable bonds is 6. The fourth-order valence-electron chi connectivity index (χ4n) is 2.45. The molecule has 1 aromatic rings. The van der Waals surface area contributed by atoms with Crippen molar-refractivity contribution in [2.24, 2.45) is 0 Å². The molecule has 3 N–H and O–H groups in total. The van der Waals surface area contributed by atoms with Crippen molar-refractivity contribution >= 4 is 11.9 Å². The standard InChI is InChI=1S/C15H23N3O4/c1-21-10-7-11(13-6-4-9-22-13)17-15(20)18-12-5-2-3-8-16-14(12)19/h4,6,9,11-12H,2-3,5,7-8,10H2,1H3,(H,16,19)(H2,17,18,20)/t11-,12-/m1/s1. The van der Waals surface area contributed by atoms with Crippen LogP contribution in [0.15, 0.2) is 22.8 Å². The van der Waals surface area contributed by atoms with Gasteiger partial charge in [0.25, 0.3) is 0 Å². The minimum Gasteiger partial charge on any atom is -0.467 e. The first-order chi connectivity index (χ1) is 10.7. The van der Waals surface area contributed by atoms with Crippen LogP contribution < -0.4 is 16.0 Å². The van der Waals surface area contributed by atoms with E-state index in [0.717, 1.165) is 12.8 Å². The van der Waals surface area contributed by atoms with E-state index in [1.54, 1.807) is 25.5 Å². The molecule has 1 fully saturated rings. The SMILES string of the molecule is COCC[C@@H](NC(=O)N[C@@H]1CCCCNC1=O)c1ccco1. The van der Waals surface area contributed by atoms with Gasteiger partial charge in [-0.3, -0.25) is 4.79 Å². The summed E-state index contributed by atoms with van der Waals surface area (Å²) in [5.41, 5.74) is 0. The van der Waals surface area contributed by atoms with Crippen LogP contribution in [0.4, 0.5) is 4.79 Å². The molecule has 0 radical (unpaired) electrons. The predicted molar refractivity (Wildman–Crippen MR) is 80.3 cm³/mol. The molecule has 122 valence electrons. The molecule has 0 unspecified atom stereocenters. The van der Waals surface area contributed by atoms with Crippen molar-refractivity contribution in [1.82, 2.24) is 16.0 Å². The summed E-state index contributed by atoms with van der Waals surface area (Å²) in [4.78, 5) is 24.0. The molecule has 2 rings (SSSR count). The maximum Gasteiger partial charge on any atom is 0.316 e. The second kappa shape index (κ2) is 8.43. The zero-order chi connectivity index (χ0) is 15.8. The Labute approximate surface area is 129 Å². The largest absolute Gasteiger partial charge is 0.467 e. The van der Waals surface area contributed by atoms with E-state index in [1.807, 2.05) is 0 Å². The average molecular weight is 309 g/mol. The fourth-order valence-corrected chi connectivity index (χ4v) is 2.45. The molecule has 22 heavy (non-hydrogen) atoms. The Kier molecular flexibility index (Phi) is 6.27. The van der Waals surface area contributed by atoms with E-state index in [4.69, 9.17) is 9.15 Å². The number of amides is 3. The molecule has 7 nitrogen and oxygen atoms in total. The molecule has 3 amide bonds. The first-order valence-corrected chi connectivity index (χ1v) is 7.58. The van der Waals surface area contributed by atoms with Crippen molar-refractivity contribution in [2.45, 2.75) is 37.8 Å². The molecular weight excluding hydrogens is 286 g/mol. The second-order valence-corrected chi connectivity index (χ2v) is 5.31. The van der Waals surface area contributed by atoms with Gasteiger partial charge in [-0.2, -0.15) is 0 Å². The van der Waals surface area contributed by atoms with E-state index in [2.05, 4.69) is 16.0 Å². The molecule has 1 saturated heterocycles. The van der Waals surface area contributed by atoms with E-state index in [0.29, 0.717) is 31.8 Å². The number of hydrogen-bond acceptors (Lipinski definition) is 4. The fraction of sp³-hybridized carbons (Fsp3) is 0.600. The van der Waals surface area contributed by atoms with Crippen molar-refractivity contribution in [3.8, 4) is 0 Å². The van der Waals surface area contributed by atoms with Crippen LogP contribution in [0.2, 0.25) is 0 Å². The minimum absolute atomic E-state index is 0.126. The molecular formula is C15H23N3O4. The predicted octanol–water partition coefficient (Wildman–Crippen LogP) is 1.33. The topological polar surface area (TPSA) is 92.6 Å². The van der Waals surface area contributed by atoms with Gasteiger partial charge in [0.2, 0.25) is 5.91 Å². The van der Waals surface area contributed by atoms with Crippen LogP contribution in [-0.2, 0) is 9.53 Å². The van der Waals surface area contributed by atoms with Crippen molar-refractivity contribution < 1.29 is 18.7 Å². The summed E-state index contributed by atoms with van der Waals surface area (Å²) in [6.45, 7) is 1.16. The first-order valence-electron chi connectivity index (χ1n) is 7.58. The summed E-state index contributed by atoms with van der Waals surface area (Å²) in [7, 11) is 1.61. The highest BCUT2D eigenvalue weighted by molar-refractivity contribution is 5.87. The van der Waals surface area contributed by atoms with Gasteiger partial charge >= 0.3 is 6.03 Å². The molecule has 0 aliphatic carbocycles.